The number of rotatable bonds is 2. The molecule has 2 aromatic carbocycles. The van der Waals surface area contributed by atoms with Crippen LogP contribution < -0.4 is 0 Å². The summed E-state index contributed by atoms with van der Waals surface area (Å²) in [5, 5.41) is 0.736. The number of nitrogens with zero attached hydrogens (tertiary/aromatic N) is 1. The van der Waals surface area contributed by atoms with Gasteiger partial charge in [-0.15, -0.1) is 0 Å². The summed E-state index contributed by atoms with van der Waals surface area (Å²) >= 11 is 6.19. The quantitative estimate of drug-likeness (QED) is 0.699. The average molecular weight is 340 g/mol. The molecule has 124 valence electrons. The van der Waals surface area contributed by atoms with Gasteiger partial charge in [-0.25, -0.2) is 0 Å². The maximum absolute atomic E-state index is 6.19. The van der Waals surface area contributed by atoms with Crippen LogP contribution in [0.1, 0.15) is 41.9 Å². The number of aryl methyl sites for hydroxylation is 1. The Balaban J connectivity index is 1.92. The lowest BCUT2D eigenvalue weighted by Gasteiger charge is -2.46. The van der Waals surface area contributed by atoms with E-state index in [1.54, 1.807) is 0 Å². The monoisotopic (exact) mass is 339 g/mol. The van der Waals surface area contributed by atoms with Crippen LogP contribution in [0.15, 0.2) is 47.5 Å². The van der Waals surface area contributed by atoms with E-state index in [2.05, 4.69) is 43.5 Å². The lowest BCUT2D eigenvalue weighted by atomic mass is 9.59. The number of hydrogen-bond acceptors (Lipinski definition) is 2. The first-order chi connectivity index (χ1) is 11.7. The van der Waals surface area contributed by atoms with Crippen molar-refractivity contribution in [2.24, 2.45) is 4.99 Å². The number of fused-ring (bicyclic) bond motifs is 2. The number of hydrogen-bond donors (Lipinski definition) is 0. The fourth-order valence-electron chi connectivity index (χ4n) is 4.67. The molecule has 2 nitrogen and oxygen atoms in total. The minimum Gasteiger partial charge on any atom is -0.380 e. The van der Waals surface area contributed by atoms with Gasteiger partial charge in [0.15, 0.2) is 0 Å². The number of benzene rings is 2. The highest BCUT2D eigenvalue weighted by Crippen LogP contribution is 2.55. The Labute approximate surface area is 148 Å². The van der Waals surface area contributed by atoms with Crippen molar-refractivity contribution < 1.29 is 4.74 Å². The van der Waals surface area contributed by atoms with E-state index in [1.807, 2.05) is 19.2 Å². The molecular formula is C21H22ClNO. The Morgan fingerprint density at radius 1 is 1.17 bits per heavy atom. The highest BCUT2D eigenvalue weighted by atomic mass is 35.5. The zero-order valence-corrected chi connectivity index (χ0v) is 14.9. The van der Waals surface area contributed by atoms with Crippen LogP contribution in [-0.2, 0) is 10.2 Å². The number of halogens is 1. The van der Waals surface area contributed by atoms with Crippen molar-refractivity contribution >= 4 is 23.5 Å². The average Bonchev–Trinajstić information content (AvgIpc) is 2.95. The van der Waals surface area contributed by atoms with E-state index in [0.717, 1.165) is 23.6 Å². The normalized spacial score (nSPS) is 28.3. The molecule has 0 radical (unpaired) electrons. The largest absolute Gasteiger partial charge is 0.380 e. The predicted molar refractivity (Wildman–Crippen MR) is 99.9 cm³/mol. The standard InChI is InChI=1S/C21H22ClNO/c1-14-6-3-4-7-16(14)17-8-5-9-20(24-2)21(17)13-23-19-12-15(22)10-11-18(19)21/h3-4,6-7,10-13,17,20H,5,8-9H2,1-2H3. The first-order valence-electron chi connectivity index (χ1n) is 8.60. The van der Waals surface area contributed by atoms with Gasteiger partial charge in [0.1, 0.15) is 0 Å². The predicted octanol–water partition coefficient (Wildman–Crippen LogP) is 5.58. The van der Waals surface area contributed by atoms with E-state index < -0.39 is 0 Å². The van der Waals surface area contributed by atoms with E-state index in [-0.39, 0.29) is 11.5 Å². The molecule has 1 spiro atoms. The summed E-state index contributed by atoms with van der Waals surface area (Å²) in [6.07, 6.45) is 5.67. The molecule has 2 aliphatic rings. The van der Waals surface area contributed by atoms with Crippen molar-refractivity contribution in [3.8, 4) is 0 Å². The van der Waals surface area contributed by atoms with Crippen LogP contribution in [0.3, 0.4) is 0 Å². The second-order valence-corrected chi connectivity index (χ2v) is 7.35. The Morgan fingerprint density at radius 2 is 2.00 bits per heavy atom. The third-order valence-corrected chi connectivity index (χ3v) is 6.00. The molecule has 24 heavy (non-hydrogen) atoms. The first kappa shape index (κ1) is 15.9. The SMILES string of the molecule is COC1CCCC(c2ccccc2C)C12C=Nc1cc(Cl)ccc12. The fourth-order valence-corrected chi connectivity index (χ4v) is 4.84. The van der Waals surface area contributed by atoms with Gasteiger partial charge in [0.2, 0.25) is 0 Å². The van der Waals surface area contributed by atoms with Crippen molar-refractivity contribution in [2.75, 3.05) is 7.11 Å². The lowest BCUT2D eigenvalue weighted by Crippen LogP contribution is -2.48. The highest BCUT2D eigenvalue weighted by molar-refractivity contribution is 6.31. The summed E-state index contributed by atoms with van der Waals surface area (Å²) in [6.45, 7) is 2.20. The zero-order chi connectivity index (χ0) is 16.7. The van der Waals surface area contributed by atoms with Crippen LogP contribution in [0.5, 0.6) is 0 Å². The summed E-state index contributed by atoms with van der Waals surface area (Å²) in [5.74, 6) is 0.378. The Kier molecular flexibility index (Phi) is 3.98. The summed E-state index contributed by atoms with van der Waals surface area (Å²) in [7, 11) is 1.83. The minimum atomic E-state index is -0.195. The molecule has 0 N–H and O–H groups in total. The van der Waals surface area contributed by atoms with Gasteiger partial charge in [0, 0.05) is 24.3 Å². The molecule has 1 aliphatic heterocycles. The summed E-state index contributed by atoms with van der Waals surface area (Å²) in [6, 6.07) is 14.8. The topological polar surface area (TPSA) is 21.6 Å². The molecule has 0 amide bonds. The van der Waals surface area contributed by atoms with Gasteiger partial charge in [-0.05, 0) is 48.6 Å². The van der Waals surface area contributed by atoms with Crippen LogP contribution in [-0.4, -0.2) is 19.4 Å². The maximum atomic E-state index is 6.19. The van der Waals surface area contributed by atoms with Crippen molar-refractivity contribution in [3.63, 3.8) is 0 Å². The molecule has 2 aromatic rings. The van der Waals surface area contributed by atoms with Gasteiger partial charge >= 0.3 is 0 Å². The molecule has 0 saturated heterocycles. The second-order valence-electron chi connectivity index (χ2n) is 6.92. The Bertz CT molecular complexity index is 800. The van der Waals surface area contributed by atoms with Crippen LogP contribution in [0, 0.1) is 6.92 Å². The molecule has 1 fully saturated rings. The molecule has 0 bridgehead atoms. The molecule has 3 heteroatoms. The van der Waals surface area contributed by atoms with Crippen molar-refractivity contribution in [3.05, 3.63) is 64.2 Å². The molecule has 3 atom stereocenters. The molecule has 1 heterocycles. The summed E-state index contributed by atoms with van der Waals surface area (Å²) in [5.41, 5.74) is 4.80. The zero-order valence-electron chi connectivity index (χ0n) is 14.1. The van der Waals surface area contributed by atoms with Gasteiger partial charge in [-0.1, -0.05) is 48.4 Å². The summed E-state index contributed by atoms with van der Waals surface area (Å²) < 4.78 is 5.98. The smallest absolute Gasteiger partial charge is 0.0724 e. The van der Waals surface area contributed by atoms with Gasteiger partial charge in [0.05, 0.1) is 17.2 Å². The van der Waals surface area contributed by atoms with Crippen LogP contribution in [0.4, 0.5) is 5.69 Å². The van der Waals surface area contributed by atoms with Crippen LogP contribution in [0.25, 0.3) is 0 Å². The molecule has 1 saturated carbocycles. The lowest BCUT2D eigenvalue weighted by molar-refractivity contribution is 0.0229. The maximum Gasteiger partial charge on any atom is 0.0724 e. The highest BCUT2D eigenvalue weighted by Gasteiger charge is 2.52. The third kappa shape index (κ3) is 2.24. The van der Waals surface area contributed by atoms with E-state index in [1.165, 1.54) is 23.1 Å². The minimum absolute atomic E-state index is 0.141. The Hall–Kier alpha value is -1.64. The third-order valence-electron chi connectivity index (χ3n) is 5.76. The van der Waals surface area contributed by atoms with Gasteiger partial charge in [0.25, 0.3) is 0 Å². The molecule has 1 aliphatic carbocycles. The molecule has 4 rings (SSSR count). The van der Waals surface area contributed by atoms with Crippen molar-refractivity contribution in [1.82, 2.24) is 0 Å². The number of ether oxygens (including phenoxy) is 1. The van der Waals surface area contributed by atoms with Crippen LogP contribution >= 0.6 is 11.6 Å². The summed E-state index contributed by atoms with van der Waals surface area (Å²) in [4.78, 5) is 4.75. The van der Waals surface area contributed by atoms with Gasteiger partial charge < -0.3 is 4.74 Å². The number of methoxy groups -OCH3 is 1. The molecule has 0 aromatic heterocycles. The van der Waals surface area contributed by atoms with E-state index in [0.29, 0.717) is 5.92 Å². The second kappa shape index (κ2) is 6.02. The molecular weight excluding hydrogens is 318 g/mol. The van der Waals surface area contributed by atoms with E-state index >= 15 is 0 Å². The first-order valence-corrected chi connectivity index (χ1v) is 8.98. The molecule has 3 unspecified atom stereocenters. The van der Waals surface area contributed by atoms with E-state index in [9.17, 15) is 0 Å². The van der Waals surface area contributed by atoms with Crippen molar-refractivity contribution in [2.45, 2.75) is 43.6 Å². The van der Waals surface area contributed by atoms with Gasteiger partial charge in [-0.3, -0.25) is 4.99 Å². The van der Waals surface area contributed by atoms with Gasteiger partial charge in [-0.2, -0.15) is 0 Å². The van der Waals surface area contributed by atoms with E-state index in [4.69, 9.17) is 21.3 Å². The van der Waals surface area contributed by atoms with Crippen LogP contribution in [0.2, 0.25) is 5.02 Å². The van der Waals surface area contributed by atoms with Crippen molar-refractivity contribution in [1.29, 1.82) is 0 Å². The fraction of sp³-hybridized carbons (Fsp3) is 0.381. The number of aliphatic imine (C=N–C) groups is 1. The Morgan fingerprint density at radius 3 is 2.79 bits per heavy atom.